The number of carboxylic acids is 1. The number of aliphatic carboxylic acids is 1. The molecule has 0 aromatic carbocycles. The first-order valence-electron chi connectivity index (χ1n) is 2.80. The van der Waals surface area contributed by atoms with E-state index in [-0.39, 0.29) is 6.42 Å². The molecular formula is C5H11N2O2-. The van der Waals surface area contributed by atoms with Crippen LogP contribution in [0.25, 0.3) is 0 Å². The average molecular weight is 131 g/mol. The highest BCUT2D eigenvalue weighted by Crippen LogP contribution is 1.99. The Balaban J connectivity index is 3.85. The normalized spacial score (nSPS) is 11.4. The Bertz CT molecular complexity index is 112. The van der Waals surface area contributed by atoms with Crippen LogP contribution in [0, 0.1) is 0 Å². The van der Waals surface area contributed by atoms with Crippen LogP contribution in [0.3, 0.4) is 0 Å². The molecule has 0 aromatic heterocycles. The van der Waals surface area contributed by atoms with Crippen LogP contribution >= 0.6 is 0 Å². The van der Waals surface area contributed by atoms with Gasteiger partial charge in [0.05, 0.1) is 5.97 Å². The van der Waals surface area contributed by atoms with Gasteiger partial charge in [0.25, 0.3) is 0 Å². The van der Waals surface area contributed by atoms with Gasteiger partial charge in [0.2, 0.25) is 0 Å². The van der Waals surface area contributed by atoms with Crippen molar-refractivity contribution in [3.63, 3.8) is 0 Å². The van der Waals surface area contributed by atoms with Crippen LogP contribution in [0.4, 0.5) is 0 Å². The topological polar surface area (TPSA) is 92.2 Å². The summed E-state index contributed by atoms with van der Waals surface area (Å²) in [6.45, 7) is 1.80. The molecule has 0 amide bonds. The van der Waals surface area contributed by atoms with Crippen molar-refractivity contribution in [3.8, 4) is 0 Å². The summed E-state index contributed by atoms with van der Waals surface area (Å²) in [6.07, 6.45) is 0.885. The van der Waals surface area contributed by atoms with Gasteiger partial charge in [-0.3, -0.25) is 0 Å². The van der Waals surface area contributed by atoms with Gasteiger partial charge in [-0.2, -0.15) is 0 Å². The molecule has 0 unspecified atom stereocenters. The predicted octanol–water partition coefficient (Wildman–Crippen LogP) is -1.85. The van der Waals surface area contributed by atoms with E-state index in [9.17, 15) is 9.90 Å². The second-order valence-electron chi connectivity index (χ2n) is 2.08. The molecule has 0 aliphatic rings. The van der Waals surface area contributed by atoms with Crippen molar-refractivity contribution < 1.29 is 9.90 Å². The summed E-state index contributed by atoms with van der Waals surface area (Å²) in [4.78, 5) is 10.0. The zero-order valence-corrected chi connectivity index (χ0v) is 5.39. The minimum Gasteiger partial charge on any atom is -0.547 e. The molecule has 4 nitrogen and oxygen atoms in total. The first-order valence-corrected chi connectivity index (χ1v) is 2.80. The molecule has 0 fully saturated rings. The van der Waals surface area contributed by atoms with Gasteiger partial charge in [-0.05, 0) is 6.42 Å². The fraction of sp³-hybridized carbons (Fsp3) is 0.800. The molecule has 0 rings (SSSR count). The van der Waals surface area contributed by atoms with Gasteiger partial charge in [0.15, 0.2) is 0 Å². The van der Waals surface area contributed by atoms with E-state index in [1.165, 1.54) is 0 Å². The standard InChI is InChI=1S/C5H12N2O2/c1-2-3-5(6,7)4(8)9/h2-3,6-7H2,1H3,(H,8,9)/p-1. The monoisotopic (exact) mass is 131 g/mol. The third-order valence-electron chi connectivity index (χ3n) is 1.04. The lowest BCUT2D eigenvalue weighted by Crippen LogP contribution is -2.62. The maximum atomic E-state index is 10.0. The molecule has 54 valence electrons. The Morgan fingerprint density at radius 2 is 2.11 bits per heavy atom. The predicted molar refractivity (Wildman–Crippen MR) is 31.0 cm³/mol. The van der Waals surface area contributed by atoms with Gasteiger partial charge in [-0.15, -0.1) is 0 Å². The summed E-state index contributed by atoms with van der Waals surface area (Å²) in [7, 11) is 0. The third-order valence-corrected chi connectivity index (χ3v) is 1.04. The van der Waals surface area contributed by atoms with E-state index in [4.69, 9.17) is 11.5 Å². The van der Waals surface area contributed by atoms with Crippen molar-refractivity contribution in [1.82, 2.24) is 0 Å². The summed E-state index contributed by atoms with van der Waals surface area (Å²) in [5, 5.41) is 10.0. The number of carboxylic acid groups (broad SMARTS) is 1. The van der Waals surface area contributed by atoms with Crippen LogP contribution in [0.1, 0.15) is 19.8 Å². The Morgan fingerprint density at radius 3 is 2.22 bits per heavy atom. The number of carbonyl (C=O) groups is 1. The van der Waals surface area contributed by atoms with E-state index < -0.39 is 11.6 Å². The van der Waals surface area contributed by atoms with E-state index in [1.807, 2.05) is 0 Å². The fourth-order valence-electron chi connectivity index (χ4n) is 0.516. The van der Waals surface area contributed by atoms with Crippen molar-refractivity contribution >= 4 is 5.97 Å². The molecule has 0 atom stereocenters. The second-order valence-corrected chi connectivity index (χ2v) is 2.08. The third kappa shape index (κ3) is 2.43. The molecule has 0 saturated carbocycles. The molecule has 9 heavy (non-hydrogen) atoms. The lowest BCUT2D eigenvalue weighted by molar-refractivity contribution is -0.313. The molecule has 0 spiro atoms. The average Bonchev–Trinajstić information content (AvgIpc) is 1.65. The van der Waals surface area contributed by atoms with Crippen molar-refractivity contribution in [3.05, 3.63) is 0 Å². The zero-order valence-electron chi connectivity index (χ0n) is 5.39. The molecule has 4 heteroatoms. The Morgan fingerprint density at radius 1 is 1.67 bits per heavy atom. The maximum Gasteiger partial charge on any atom is 0.105 e. The summed E-state index contributed by atoms with van der Waals surface area (Å²) in [6, 6.07) is 0. The number of hydrogen-bond donors (Lipinski definition) is 2. The Hall–Kier alpha value is -0.610. The van der Waals surface area contributed by atoms with Gasteiger partial charge in [-0.1, -0.05) is 13.3 Å². The van der Waals surface area contributed by atoms with Crippen LogP contribution < -0.4 is 16.6 Å². The van der Waals surface area contributed by atoms with Gasteiger partial charge >= 0.3 is 0 Å². The summed E-state index contributed by atoms with van der Waals surface area (Å²) >= 11 is 0. The maximum absolute atomic E-state index is 10.0. The van der Waals surface area contributed by atoms with Gasteiger partial charge in [-0.25, -0.2) is 0 Å². The van der Waals surface area contributed by atoms with E-state index in [2.05, 4.69) is 0 Å². The molecule has 0 radical (unpaired) electrons. The molecule has 0 heterocycles. The lowest BCUT2D eigenvalue weighted by Gasteiger charge is -2.24. The molecule has 0 aliphatic carbocycles. The van der Waals surface area contributed by atoms with Crippen molar-refractivity contribution in [1.29, 1.82) is 0 Å². The van der Waals surface area contributed by atoms with Gasteiger partial charge in [0.1, 0.15) is 5.66 Å². The Kier molecular flexibility index (Phi) is 2.61. The van der Waals surface area contributed by atoms with Crippen LogP contribution in [0.2, 0.25) is 0 Å². The van der Waals surface area contributed by atoms with Crippen LogP contribution in [-0.4, -0.2) is 11.6 Å². The van der Waals surface area contributed by atoms with E-state index >= 15 is 0 Å². The molecular weight excluding hydrogens is 120 g/mol. The summed E-state index contributed by atoms with van der Waals surface area (Å²) in [5.41, 5.74) is 8.53. The summed E-state index contributed by atoms with van der Waals surface area (Å²) < 4.78 is 0. The van der Waals surface area contributed by atoms with Crippen molar-refractivity contribution in [2.45, 2.75) is 25.4 Å². The highest BCUT2D eigenvalue weighted by molar-refractivity contribution is 5.75. The molecule has 0 bridgehead atoms. The molecule has 0 aliphatic heterocycles. The first kappa shape index (κ1) is 8.39. The van der Waals surface area contributed by atoms with Crippen molar-refractivity contribution in [2.75, 3.05) is 0 Å². The zero-order chi connectivity index (χ0) is 7.49. The SMILES string of the molecule is CCCC(N)(N)C(=O)[O-]. The lowest BCUT2D eigenvalue weighted by atomic mass is 10.1. The molecule has 4 N–H and O–H groups in total. The summed E-state index contributed by atoms with van der Waals surface area (Å²) in [5.74, 6) is -1.40. The number of nitrogens with two attached hydrogens (primary N) is 2. The van der Waals surface area contributed by atoms with E-state index in [1.54, 1.807) is 6.92 Å². The van der Waals surface area contributed by atoms with Crippen LogP contribution in [0.15, 0.2) is 0 Å². The molecule has 0 saturated heterocycles. The minimum atomic E-state index is -1.64. The van der Waals surface area contributed by atoms with Gasteiger partial charge < -0.3 is 21.4 Å². The number of carbonyl (C=O) groups excluding carboxylic acids is 1. The second kappa shape index (κ2) is 2.80. The van der Waals surface area contributed by atoms with E-state index in [0.717, 1.165) is 0 Å². The highest BCUT2D eigenvalue weighted by Gasteiger charge is 2.18. The van der Waals surface area contributed by atoms with Gasteiger partial charge in [0, 0.05) is 0 Å². The smallest absolute Gasteiger partial charge is 0.105 e. The number of rotatable bonds is 3. The van der Waals surface area contributed by atoms with Crippen LogP contribution in [-0.2, 0) is 4.79 Å². The number of hydrogen-bond acceptors (Lipinski definition) is 4. The van der Waals surface area contributed by atoms with E-state index in [0.29, 0.717) is 6.42 Å². The Labute approximate surface area is 53.8 Å². The largest absolute Gasteiger partial charge is 0.547 e. The first-order chi connectivity index (χ1) is 4.00. The van der Waals surface area contributed by atoms with Crippen LogP contribution in [0.5, 0.6) is 0 Å². The minimum absolute atomic E-state index is 0.245. The van der Waals surface area contributed by atoms with Crippen molar-refractivity contribution in [2.24, 2.45) is 11.5 Å². The molecule has 0 aromatic rings. The fourth-order valence-corrected chi connectivity index (χ4v) is 0.516. The quantitative estimate of drug-likeness (QED) is 0.440. The highest BCUT2D eigenvalue weighted by atomic mass is 16.4.